The molecule has 8 heteroatoms. The van der Waals surface area contributed by atoms with E-state index >= 15 is 0 Å². The van der Waals surface area contributed by atoms with Gasteiger partial charge in [-0.1, -0.05) is 12.1 Å². The molecule has 0 aliphatic rings. The molecule has 0 fully saturated rings. The second-order valence-electron chi connectivity index (χ2n) is 5.02. The first kappa shape index (κ1) is 19.3. The second kappa shape index (κ2) is 9.43. The second-order valence-corrected chi connectivity index (χ2v) is 5.02. The molecule has 0 saturated carbocycles. The molecule has 0 aromatic heterocycles. The highest BCUT2D eigenvalue weighted by atomic mass is 16.6. The summed E-state index contributed by atoms with van der Waals surface area (Å²) in [4.78, 5) is 12.1. The third-order valence-electron chi connectivity index (χ3n) is 3.24. The molecular weight excluding hydrogens is 304 g/mol. The highest BCUT2D eigenvalue weighted by Gasteiger charge is 2.28. The Bertz CT molecular complexity index is 497. The van der Waals surface area contributed by atoms with Crippen molar-refractivity contribution in [2.75, 3.05) is 25.5 Å². The Morgan fingerprint density at radius 2 is 1.91 bits per heavy atom. The van der Waals surface area contributed by atoms with Crippen molar-refractivity contribution in [3.05, 3.63) is 29.8 Å². The van der Waals surface area contributed by atoms with Crippen LogP contribution in [0.4, 0.5) is 5.69 Å². The maximum atomic E-state index is 12.1. The van der Waals surface area contributed by atoms with E-state index < -0.39 is 37.1 Å². The van der Waals surface area contributed by atoms with Crippen molar-refractivity contribution >= 4 is 11.6 Å². The summed E-state index contributed by atoms with van der Waals surface area (Å²) in [6, 6.07) is 6.84. The van der Waals surface area contributed by atoms with Crippen LogP contribution in [-0.4, -0.2) is 71.1 Å². The Hall–Kier alpha value is -1.71. The van der Waals surface area contributed by atoms with Gasteiger partial charge in [-0.25, -0.2) is 0 Å². The summed E-state index contributed by atoms with van der Waals surface area (Å²) in [5.74, 6) is -0.418. The Morgan fingerprint density at radius 3 is 2.48 bits per heavy atom. The lowest BCUT2D eigenvalue weighted by Crippen LogP contribution is -2.47. The normalized spacial score (nSPS) is 16.3. The van der Waals surface area contributed by atoms with E-state index in [-0.39, 0.29) is 6.54 Å². The zero-order valence-corrected chi connectivity index (χ0v) is 13.1. The molecule has 4 atom stereocenters. The quantitative estimate of drug-likeness (QED) is 0.317. The molecule has 1 aromatic rings. The van der Waals surface area contributed by atoms with Crippen molar-refractivity contribution in [3.63, 3.8) is 0 Å². The average molecular weight is 328 g/mol. The van der Waals surface area contributed by atoms with E-state index in [4.69, 9.17) is 14.9 Å². The summed E-state index contributed by atoms with van der Waals surface area (Å²) in [5.41, 5.74) is 1.03. The minimum atomic E-state index is -1.46. The molecule has 130 valence electrons. The molecule has 1 rings (SSSR count). The number of rotatable bonds is 9. The number of para-hydroxylation sites is 1. The molecule has 8 nitrogen and oxygen atoms in total. The molecule has 0 radical (unpaired) electrons. The van der Waals surface area contributed by atoms with Crippen LogP contribution in [0.1, 0.15) is 17.3 Å². The molecule has 0 bridgehead atoms. The van der Waals surface area contributed by atoms with E-state index in [9.17, 15) is 15.0 Å². The fraction of sp³-hybridized carbons (Fsp3) is 0.533. The number of amides is 1. The molecule has 6 N–H and O–H groups in total. The first-order chi connectivity index (χ1) is 10.9. The highest BCUT2D eigenvalue weighted by Crippen LogP contribution is 2.14. The van der Waals surface area contributed by atoms with Crippen LogP contribution >= 0.6 is 0 Å². The van der Waals surface area contributed by atoms with E-state index in [1.54, 1.807) is 31.3 Å². The van der Waals surface area contributed by atoms with Crippen molar-refractivity contribution < 1.29 is 30.0 Å². The predicted octanol–water partition coefficient (Wildman–Crippen LogP) is -1.10. The minimum Gasteiger partial charge on any atom is -0.394 e. The summed E-state index contributed by atoms with van der Waals surface area (Å²) < 4.78 is 4.88. The molecule has 0 heterocycles. The van der Waals surface area contributed by atoms with Gasteiger partial charge in [0.25, 0.3) is 5.91 Å². The third kappa shape index (κ3) is 5.77. The lowest BCUT2D eigenvalue weighted by atomic mass is 10.1. The van der Waals surface area contributed by atoms with Crippen molar-refractivity contribution in [2.45, 2.75) is 31.5 Å². The number of aliphatic hydroxyl groups is 4. The van der Waals surface area contributed by atoms with Crippen LogP contribution in [-0.2, 0) is 4.74 Å². The van der Waals surface area contributed by atoms with Crippen LogP contribution in [0.25, 0.3) is 0 Å². The summed E-state index contributed by atoms with van der Waals surface area (Å²) in [6.45, 7) is 0.496. The van der Waals surface area contributed by atoms with Crippen LogP contribution in [0.15, 0.2) is 24.3 Å². The van der Waals surface area contributed by atoms with Gasteiger partial charge in [-0.2, -0.15) is 0 Å². The summed E-state index contributed by atoms with van der Waals surface area (Å²) >= 11 is 0. The number of hydrogen-bond acceptors (Lipinski definition) is 7. The molecule has 23 heavy (non-hydrogen) atoms. The minimum absolute atomic E-state index is 0.238. The average Bonchev–Trinajstić information content (AvgIpc) is 2.56. The smallest absolute Gasteiger partial charge is 0.253 e. The summed E-state index contributed by atoms with van der Waals surface area (Å²) in [7, 11) is 1.68. The maximum absolute atomic E-state index is 12.1. The van der Waals surface area contributed by atoms with Gasteiger partial charge in [0.1, 0.15) is 12.2 Å². The molecule has 1 amide bonds. The van der Waals surface area contributed by atoms with Crippen LogP contribution in [0.5, 0.6) is 0 Å². The maximum Gasteiger partial charge on any atom is 0.253 e. The number of carbonyl (C=O) groups is 1. The van der Waals surface area contributed by atoms with Gasteiger partial charge in [0.15, 0.2) is 6.29 Å². The largest absolute Gasteiger partial charge is 0.394 e. The topological polar surface area (TPSA) is 131 Å². The number of ether oxygens (including phenoxy) is 1. The molecular formula is C15H24N2O6. The molecule has 1 aromatic carbocycles. The van der Waals surface area contributed by atoms with Crippen LogP contribution in [0, 0.1) is 0 Å². The zero-order valence-electron chi connectivity index (χ0n) is 13.1. The van der Waals surface area contributed by atoms with Crippen LogP contribution < -0.4 is 10.6 Å². The first-order valence-corrected chi connectivity index (χ1v) is 7.26. The van der Waals surface area contributed by atoms with Crippen LogP contribution in [0.2, 0.25) is 0 Å². The standard InChI is InChI=1S/C15H24N2O6/c1-9(19)23-13(8-18)14(21)12(20)7-17-15(22)10-5-3-4-6-11(10)16-2/h3-6,9,12-14,16,18-21H,7-8H2,1-2H3,(H,17,22)/t9?,12?,13?,14-/m0/s1. The highest BCUT2D eigenvalue weighted by molar-refractivity contribution is 5.99. The van der Waals surface area contributed by atoms with E-state index in [0.29, 0.717) is 11.3 Å². The summed E-state index contributed by atoms with van der Waals surface area (Å²) in [6.07, 6.45) is -5.19. The number of carbonyl (C=O) groups excluding carboxylic acids is 1. The van der Waals surface area contributed by atoms with Crippen molar-refractivity contribution in [3.8, 4) is 0 Å². The Morgan fingerprint density at radius 1 is 1.26 bits per heavy atom. The van der Waals surface area contributed by atoms with E-state index in [1.165, 1.54) is 6.92 Å². The Kier molecular flexibility index (Phi) is 7.93. The number of aliphatic hydroxyl groups excluding tert-OH is 4. The number of nitrogens with one attached hydrogen (secondary N) is 2. The van der Waals surface area contributed by atoms with Gasteiger partial charge in [-0.05, 0) is 19.1 Å². The van der Waals surface area contributed by atoms with Crippen molar-refractivity contribution in [2.24, 2.45) is 0 Å². The summed E-state index contributed by atoms with van der Waals surface area (Å²) in [5, 5.41) is 43.4. The number of benzene rings is 1. The Labute approximate surface area is 134 Å². The number of hydrogen-bond donors (Lipinski definition) is 6. The third-order valence-corrected chi connectivity index (χ3v) is 3.24. The number of anilines is 1. The first-order valence-electron chi connectivity index (χ1n) is 7.26. The van der Waals surface area contributed by atoms with E-state index in [1.807, 2.05) is 0 Å². The van der Waals surface area contributed by atoms with Gasteiger partial charge in [0, 0.05) is 19.3 Å². The monoisotopic (exact) mass is 328 g/mol. The fourth-order valence-electron chi connectivity index (χ4n) is 2.04. The lowest BCUT2D eigenvalue weighted by Gasteiger charge is -2.26. The van der Waals surface area contributed by atoms with Crippen LogP contribution in [0.3, 0.4) is 0 Å². The van der Waals surface area contributed by atoms with Gasteiger partial charge in [-0.15, -0.1) is 0 Å². The van der Waals surface area contributed by atoms with Crippen molar-refractivity contribution in [1.82, 2.24) is 5.32 Å². The van der Waals surface area contributed by atoms with E-state index in [0.717, 1.165) is 0 Å². The Balaban J connectivity index is 2.60. The fourth-order valence-corrected chi connectivity index (χ4v) is 2.04. The predicted molar refractivity (Wildman–Crippen MR) is 84.0 cm³/mol. The van der Waals surface area contributed by atoms with Gasteiger partial charge in [-0.3, -0.25) is 4.79 Å². The van der Waals surface area contributed by atoms with Crippen molar-refractivity contribution in [1.29, 1.82) is 0 Å². The van der Waals surface area contributed by atoms with Gasteiger partial charge >= 0.3 is 0 Å². The SMILES string of the molecule is CNc1ccccc1C(=O)NCC(O)[C@H](O)C(CO)OC(C)O. The van der Waals surface area contributed by atoms with Gasteiger partial charge in [0.2, 0.25) is 0 Å². The van der Waals surface area contributed by atoms with E-state index in [2.05, 4.69) is 10.6 Å². The van der Waals surface area contributed by atoms with Gasteiger partial charge < -0.3 is 35.8 Å². The molecule has 0 spiro atoms. The molecule has 0 saturated heterocycles. The molecule has 0 aliphatic carbocycles. The zero-order chi connectivity index (χ0) is 17.4. The van der Waals surface area contributed by atoms with Gasteiger partial charge in [0.05, 0.1) is 18.3 Å². The molecule has 0 aliphatic heterocycles. The molecule has 3 unspecified atom stereocenters. The lowest BCUT2D eigenvalue weighted by molar-refractivity contribution is -0.182.